The van der Waals surface area contributed by atoms with E-state index in [1.165, 1.54) is 0 Å². The molecule has 0 atom stereocenters. The van der Waals surface area contributed by atoms with Crippen LogP contribution in [0.15, 0.2) is 82.4 Å². The summed E-state index contributed by atoms with van der Waals surface area (Å²) >= 11 is 3.34. The van der Waals surface area contributed by atoms with Crippen LogP contribution in [0.2, 0.25) is 0 Å². The second kappa shape index (κ2) is 8.56. The summed E-state index contributed by atoms with van der Waals surface area (Å²) in [5, 5.41) is 13.4. The van der Waals surface area contributed by atoms with Crippen LogP contribution in [-0.4, -0.2) is 32.3 Å². The Kier molecular flexibility index (Phi) is 5.30. The number of nitrogens with zero attached hydrogens (tertiary/aromatic N) is 4. The van der Waals surface area contributed by atoms with Crippen molar-refractivity contribution in [2.75, 3.05) is 5.43 Å². The molecule has 0 spiro atoms. The zero-order valence-electron chi connectivity index (χ0n) is 16.5. The summed E-state index contributed by atoms with van der Waals surface area (Å²) in [6.07, 6.45) is 1.61. The first-order chi connectivity index (χ1) is 15.7. The second-order valence-electron chi connectivity index (χ2n) is 6.84. The SMILES string of the molecule is O=C(Oc1ccc(/C=N\Nc2nnc3c(n2)[nH]c2ccccc23)cc1)c1ccc(Br)cc1. The summed E-state index contributed by atoms with van der Waals surface area (Å²) in [5.74, 6) is 0.304. The number of aromatic nitrogens is 4. The Hall–Kier alpha value is -4.11. The first kappa shape index (κ1) is 19.8. The van der Waals surface area contributed by atoms with Crippen molar-refractivity contribution in [2.24, 2.45) is 5.10 Å². The van der Waals surface area contributed by atoms with Crippen molar-refractivity contribution in [2.45, 2.75) is 0 Å². The zero-order valence-corrected chi connectivity index (χ0v) is 18.1. The van der Waals surface area contributed by atoms with E-state index in [-0.39, 0.29) is 5.95 Å². The van der Waals surface area contributed by atoms with E-state index in [4.69, 9.17) is 4.74 Å². The Morgan fingerprint density at radius 2 is 1.78 bits per heavy atom. The molecule has 0 unspecified atom stereocenters. The monoisotopic (exact) mass is 486 g/mol. The Morgan fingerprint density at radius 3 is 2.59 bits per heavy atom. The predicted molar refractivity (Wildman–Crippen MR) is 126 cm³/mol. The van der Waals surface area contributed by atoms with Gasteiger partial charge in [0.25, 0.3) is 5.95 Å². The van der Waals surface area contributed by atoms with Gasteiger partial charge < -0.3 is 9.72 Å². The number of para-hydroxylation sites is 1. The topological polar surface area (TPSA) is 105 Å². The van der Waals surface area contributed by atoms with Gasteiger partial charge in [-0.05, 0) is 60.2 Å². The van der Waals surface area contributed by atoms with Crippen molar-refractivity contribution in [1.29, 1.82) is 0 Å². The van der Waals surface area contributed by atoms with Crippen molar-refractivity contribution in [3.8, 4) is 5.75 Å². The molecule has 2 heterocycles. The van der Waals surface area contributed by atoms with E-state index in [9.17, 15) is 4.79 Å². The fourth-order valence-electron chi connectivity index (χ4n) is 3.11. The fourth-order valence-corrected chi connectivity index (χ4v) is 3.37. The number of fused-ring (bicyclic) bond motifs is 3. The van der Waals surface area contributed by atoms with Gasteiger partial charge in [0.15, 0.2) is 5.65 Å². The number of hydrazone groups is 1. The predicted octanol–water partition coefficient (Wildman–Crippen LogP) is 4.93. The molecule has 5 rings (SSSR count). The molecule has 2 aromatic heterocycles. The number of H-pyrrole nitrogens is 1. The van der Waals surface area contributed by atoms with Gasteiger partial charge in [0, 0.05) is 15.4 Å². The maximum atomic E-state index is 12.2. The minimum Gasteiger partial charge on any atom is -0.423 e. The molecular weight excluding hydrogens is 472 g/mol. The van der Waals surface area contributed by atoms with Gasteiger partial charge in [0.1, 0.15) is 11.3 Å². The molecule has 0 fully saturated rings. The summed E-state index contributed by atoms with van der Waals surface area (Å²) in [6, 6.07) is 21.8. The Labute approximate surface area is 190 Å². The maximum absolute atomic E-state index is 12.2. The van der Waals surface area contributed by atoms with Crippen LogP contribution in [0.25, 0.3) is 22.1 Å². The molecule has 156 valence electrons. The maximum Gasteiger partial charge on any atom is 0.343 e. The van der Waals surface area contributed by atoms with E-state index in [1.807, 2.05) is 24.3 Å². The lowest BCUT2D eigenvalue weighted by atomic mass is 10.2. The molecule has 0 saturated heterocycles. The average Bonchev–Trinajstić information content (AvgIpc) is 3.18. The van der Waals surface area contributed by atoms with Crippen LogP contribution < -0.4 is 10.2 Å². The van der Waals surface area contributed by atoms with Crippen molar-refractivity contribution >= 4 is 56.1 Å². The summed E-state index contributed by atoms with van der Waals surface area (Å²) in [6.45, 7) is 0. The standard InChI is InChI=1S/C23H15BrN6O2/c24-16-9-7-15(8-10-16)22(31)32-17-11-5-14(6-12-17)13-25-29-23-27-21-20(28-30-23)18-3-1-2-4-19(18)26-21/h1-13H,(H2,26,27,29,30)/b25-13-. The normalized spacial score (nSPS) is 11.3. The van der Waals surface area contributed by atoms with Crippen LogP contribution in [0, 0.1) is 0 Å². The van der Waals surface area contributed by atoms with Gasteiger partial charge in [-0.1, -0.05) is 34.1 Å². The Morgan fingerprint density at radius 1 is 1.00 bits per heavy atom. The molecule has 32 heavy (non-hydrogen) atoms. The molecule has 0 aliphatic carbocycles. The highest BCUT2D eigenvalue weighted by atomic mass is 79.9. The van der Waals surface area contributed by atoms with Crippen LogP contribution in [-0.2, 0) is 0 Å². The highest BCUT2D eigenvalue weighted by Gasteiger charge is 2.09. The lowest BCUT2D eigenvalue weighted by molar-refractivity contribution is 0.0734. The Bertz CT molecular complexity index is 1450. The van der Waals surface area contributed by atoms with Crippen LogP contribution in [0.1, 0.15) is 15.9 Å². The number of benzene rings is 3. The molecule has 0 aliphatic heterocycles. The van der Waals surface area contributed by atoms with Gasteiger partial charge in [-0.3, -0.25) is 0 Å². The lowest BCUT2D eigenvalue weighted by Crippen LogP contribution is -2.08. The van der Waals surface area contributed by atoms with Crippen LogP contribution in [0.4, 0.5) is 5.95 Å². The fraction of sp³-hybridized carbons (Fsp3) is 0. The van der Waals surface area contributed by atoms with Gasteiger partial charge in [-0.25, -0.2) is 10.2 Å². The first-order valence-corrected chi connectivity index (χ1v) is 10.4. The number of aromatic amines is 1. The number of hydrogen-bond donors (Lipinski definition) is 2. The third-order valence-electron chi connectivity index (χ3n) is 4.67. The average molecular weight is 487 g/mol. The van der Waals surface area contributed by atoms with Crippen molar-refractivity contribution in [3.05, 3.63) is 88.4 Å². The number of ether oxygens (including phenoxy) is 1. The number of hydrogen-bond acceptors (Lipinski definition) is 7. The third-order valence-corrected chi connectivity index (χ3v) is 5.20. The molecule has 0 aliphatic rings. The van der Waals surface area contributed by atoms with E-state index in [2.05, 4.69) is 46.6 Å². The number of carbonyl (C=O) groups excluding carboxylic acids is 1. The quantitative estimate of drug-likeness (QED) is 0.158. The largest absolute Gasteiger partial charge is 0.423 e. The van der Waals surface area contributed by atoms with Crippen molar-refractivity contribution in [1.82, 2.24) is 20.2 Å². The smallest absolute Gasteiger partial charge is 0.343 e. The minimum absolute atomic E-state index is 0.278. The van der Waals surface area contributed by atoms with E-state index >= 15 is 0 Å². The lowest BCUT2D eigenvalue weighted by Gasteiger charge is -2.04. The van der Waals surface area contributed by atoms with Crippen LogP contribution >= 0.6 is 15.9 Å². The van der Waals surface area contributed by atoms with E-state index in [0.717, 1.165) is 20.9 Å². The number of carbonyl (C=O) groups is 1. The molecule has 2 N–H and O–H groups in total. The first-order valence-electron chi connectivity index (χ1n) is 9.64. The second-order valence-corrected chi connectivity index (χ2v) is 7.75. The molecule has 0 radical (unpaired) electrons. The molecule has 5 aromatic rings. The molecule has 0 amide bonds. The summed E-state index contributed by atoms with van der Waals surface area (Å²) < 4.78 is 6.29. The van der Waals surface area contributed by atoms with E-state index in [0.29, 0.717) is 22.5 Å². The summed E-state index contributed by atoms with van der Waals surface area (Å²) in [5.41, 5.74) is 6.36. The summed E-state index contributed by atoms with van der Waals surface area (Å²) in [4.78, 5) is 19.8. The number of halogens is 1. The van der Waals surface area contributed by atoms with Gasteiger partial charge >= 0.3 is 5.97 Å². The van der Waals surface area contributed by atoms with E-state index in [1.54, 1.807) is 54.7 Å². The molecule has 0 saturated carbocycles. The molecule has 9 heteroatoms. The van der Waals surface area contributed by atoms with Crippen LogP contribution in [0.5, 0.6) is 5.75 Å². The van der Waals surface area contributed by atoms with E-state index < -0.39 is 5.97 Å². The van der Waals surface area contributed by atoms with Gasteiger partial charge in [-0.15, -0.1) is 10.2 Å². The number of esters is 1. The van der Waals surface area contributed by atoms with Crippen LogP contribution in [0.3, 0.4) is 0 Å². The molecule has 8 nitrogen and oxygen atoms in total. The van der Waals surface area contributed by atoms with Crippen molar-refractivity contribution in [3.63, 3.8) is 0 Å². The Balaban J connectivity index is 1.23. The van der Waals surface area contributed by atoms with Crippen molar-refractivity contribution < 1.29 is 9.53 Å². The van der Waals surface area contributed by atoms with Gasteiger partial charge in [-0.2, -0.15) is 10.1 Å². The molecule has 0 bridgehead atoms. The van der Waals surface area contributed by atoms with Gasteiger partial charge in [0.05, 0.1) is 11.8 Å². The number of rotatable bonds is 5. The zero-order chi connectivity index (χ0) is 21.9. The molecular formula is C23H15BrN6O2. The molecule has 3 aromatic carbocycles. The third kappa shape index (κ3) is 4.19. The number of nitrogens with one attached hydrogen (secondary N) is 2. The summed E-state index contributed by atoms with van der Waals surface area (Å²) in [7, 11) is 0. The number of anilines is 1. The minimum atomic E-state index is -0.419. The highest BCUT2D eigenvalue weighted by Crippen LogP contribution is 2.22. The highest BCUT2D eigenvalue weighted by molar-refractivity contribution is 9.10. The van der Waals surface area contributed by atoms with Gasteiger partial charge in [0.2, 0.25) is 0 Å².